The molecule has 0 atom stereocenters. The molecule has 0 radical (unpaired) electrons. The Bertz CT molecular complexity index is 955. The molecule has 0 saturated carbocycles. The minimum absolute atomic E-state index is 0.0442. The Kier molecular flexibility index (Phi) is 4.80. The predicted molar refractivity (Wildman–Crippen MR) is 110 cm³/mol. The SMILES string of the molecule is CC(C)Oc1ccccc1/C=C1\SC(=S)N(c2ccc3c(c2)OCO3)C1=O. The first-order valence-corrected chi connectivity index (χ1v) is 9.68. The van der Waals surface area contributed by atoms with E-state index in [-0.39, 0.29) is 18.8 Å². The summed E-state index contributed by atoms with van der Waals surface area (Å²) in [5.74, 6) is 1.85. The smallest absolute Gasteiger partial charge is 0.270 e. The lowest BCUT2D eigenvalue weighted by Crippen LogP contribution is -2.27. The number of thioether (sulfide) groups is 1. The van der Waals surface area contributed by atoms with Gasteiger partial charge in [0, 0.05) is 11.6 Å². The van der Waals surface area contributed by atoms with E-state index in [2.05, 4.69) is 0 Å². The van der Waals surface area contributed by atoms with Crippen LogP contribution in [0.2, 0.25) is 0 Å². The summed E-state index contributed by atoms with van der Waals surface area (Å²) in [6, 6.07) is 13.0. The van der Waals surface area contributed by atoms with Gasteiger partial charge in [-0.2, -0.15) is 0 Å². The minimum Gasteiger partial charge on any atom is -0.490 e. The van der Waals surface area contributed by atoms with Crippen molar-refractivity contribution < 1.29 is 19.0 Å². The van der Waals surface area contributed by atoms with E-state index in [1.54, 1.807) is 18.2 Å². The zero-order chi connectivity index (χ0) is 19.0. The largest absolute Gasteiger partial charge is 0.490 e. The van der Waals surface area contributed by atoms with E-state index >= 15 is 0 Å². The number of anilines is 1. The monoisotopic (exact) mass is 399 g/mol. The van der Waals surface area contributed by atoms with Crippen molar-refractivity contribution in [2.24, 2.45) is 0 Å². The number of hydrogen-bond donors (Lipinski definition) is 0. The molecular weight excluding hydrogens is 382 g/mol. The first-order chi connectivity index (χ1) is 13.0. The van der Waals surface area contributed by atoms with Gasteiger partial charge in [-0.05, 0) is 38.1 Å². The molecule has 0 bridgehead atoms. The molecule has 1 fully saturated rings. The molecule has 2 aromatic carbocycles. The van der Waals surface area contributed by atoms with E-state index in [0.717, 1.165) is 11.3 Å². The highest BCUT2D eigenvalue weighted by atomic mass is 32.2. The van der Waals surface area contributed by atoms with Crippen molar-refractivity contribution in [2.75, 3.05) is 11.7 Å². The van der Waals surface area contributed by atoms with E-state index < -0.39 is 0 Å². The molecule has 1 saturated heterocycles. The summed E-state index contributed by atoms with van der Waals surface area (Å²) in [6.07, 6.45) is 1.87. The van der Waals surface area contributed by atoms with Crippen LogP contribution in [0.15, 0.2) is 47.4 Å². The number of hydrogen-bond acceptors (Lipinski definition) is 6. The second-order valence-corrected chi connectivity index (χ2v) is 7.93. The molecule has 2 aromatic rings. The van der Waals surface area contributed by atoms with Crippen LogP contribution in [0.25, 0.3) is 6.08 Å². The molecule has 0 unspecified atom stereocenters. The van der Waals surface area contributed by atoms with E-state index in [4.69, 9.17) is 26.4 Å². The average Bonchev–Trinajstić information content (AvgIpc) is 3.20. The molecule has 27 heavy (non-hydrogen) atoms. The van der Waals surface area contributed by atoms with Gasteiger partial charge in [0.05, 0.1) is 16.7 Å². The molecule has 138 valence electrons. The summed E-state index contributed by atoms with van der Waals surface area (Å²) in [6.45, 7) is 4.12. The maximum Gasteiger partial charge on any atom is 0.270 e. The second-order valence-electron chi connectivity index (χ2n) is 6.26. The van der Waals surface area contributed by atoms with Crippen LogP contribution in [0.1, 0.15) is 19.4 Å². The summed E-state index contributed by atoms with van der Waals surface area (Å²) >= 11 is 6.72. The predicted octanol–water partition coefficient (Wildman–Crippen LogP) is 4.61. The van der Waals surface area contributed by atoms with Gasteiger partial charge < -0.3 is 14.2 Å². The van der Waals surface area contributed by atoms with Crippen molar-refractivity contribution in [3.8, 4) is 17.2 Å². The number of thiocarbonyl (C=S) groups is 1. The highest BCUT2D eigenvalue weighted by molar-refractivity contribution is 8.27. The van der Waals surface area contributed by atoms with Gasteiger partial charge in [-0.1, -0.05) is 42.2 Å². The van der Waals surface area contributed by atoms with Crippen molar-refractivity contribution in [1.29, 1.82) is 0 Å². The molecule has 7 heteroatoms. The number of carbonyl (C=O) groups is 1. The van der Waals surface area contributed by atoms with E-state index in [1.807, 2.05) is 44.2 Å². The molecule has 2 aliphatic rings. The van der Waals surface area contributed by atoms with E-state index in [1.165, 1.54) is 16.7 Å². The van der Waals surface area contributed by atoms with Crippen molar-refractivity contribution in [3.05, 3.63) is 52.9 Å². The maximum absolute atomic E-state index is 13.0. The summed E-state index contributed by atoms with van der Waals surface area (Å²) < 4.78 is 17.0. The van der Waals surface area contributed by atoms with Crippen LogP contribution in [0.5, 0.6) is 17.2 Å². The van der Waals surface area contributed by atoms with Crippen molar-refractivity contribution >= 4 is 46.0 Å². The van der Waals surface area contributed by atoms with Gasteiger partial charge in [0.1, 0.15) is 5.75 Å². The lowest BCUT2D eigenvalue weighted by molar-refractivity contribution is -0.113. The van der Waals surface area contributed by atoms with Crippen LogP contribution >= 0.6 is 24.0 Å². The fourth-order valence-electron chi connectivity index (χ4n) is 2.82. The van der Waals surface area contributed by atoms with Crippen LogP contribution in [0.3, 0.4) is 0 Å². The maximum atomic E-state index is 13.0. The topological polar surface area (TPSA) is 48.0 Å². The normalized spacial score (nSPS) is 17.3. The number of nitrogens with zero attached hydrogens (tertiary/aromatic N) is 1. The van der Waals surface area contributed by atoms with Crippen LogP contribution in [-0.2, 0) is 4.79 Å². The highest BCUT2D eigenvalue weighted by Crippen LogP contribution is 2.41. The molecule has 4 rings (SSSR count). The number of amides is 1. The number of rotatable bonds is 4. The Morgan fingerprint density at radius 2 is 1.96 bits per heavy atom. The Hall–Kier alpha value is -2.51. The molecule has 2 aliphatic heterocycles. The Morgan fingerprint density at radius 3 is 2.78 bits per heavy atom. The lowest BCUT2D eigenvalue weighted by Gasteiger charge is -2.15. The number of carbonyl (C=O) groups excluding carboxylic acids is 1. The Labute approximate surface area is 166 Å². The van der Waals surface area contributed by atoms with Gasteiger partial charge in [-0.3, -0.25) is 9.69 Å². The number of fused-ring (bicyclic) bond motifs is 1. The minimum atomic E-state index is -0.164. The molecule has 5 nitrogen and oxygen atoms in total. The third kappa shape index (κ3) is 3.52. The van der Waals surface area contributed by atoms with Crippen LogP contribution in [0.4, 0.5) is 5.69 Å². The van der Waals surface area contributed by atoms with Gasteiger partial charge >= 0.3 is 0 Å². The fraction of sp³-hybridized carbons (Fsp3) is 0.200. The zero-order valence-electron chi connectivity index (χ0n) is 14.8. The van der Waals surface area contributed by atoms with Crippen molar-refractivity contribution in [2.45, 2.75) is 20.0 Å². The standard InChI is InChI=1S/C20H17NO4S2/c1-12(2)25-15-6-4-3-5-13(15)9-18-19(22)21(20(26)27-18)14-7-8-16-17(10-14)24-11-23-16/h3-10,12H,11H2,1-2H3/b18-9-. The number of para-hydroxylation sites is 1. The molecule has 0 aromatic heterocycles. The molecule has 0 spiro atoms. The second kappa shape index (κ2) is 7.25. The first-order valence-electron chi connectivity index (χ1n) is 8.46. The molecular formula is C20H17NO4S2. The molecule has 0 aliphatic carbocycles. The third-order valence-electron chi connectivity index (χ3n) is 3.98. The average molecular weight is 399 g/mol. The third-order valence-corrected chi connectivity index (χ3v) is 5.28. The lowest BCUT2D eigenvalue weighted by atomic mass is 10.1. The van der Waals surface area contributed by atoms with Crippen LogP contribution in [-0.4, -0.2) is 23.1 Å². The first kappa shape index (κ1) is 17.9. The quantitative estimate of drug-likeness (QED) is 0.553. The summed E-state index contributed by atoms with van der Waals surface area (Å²) in [5.41, 5.74) is 1.51. The van der Waals surface area contributed by atoms with Crippen molar-refractivity contribution in [3.63, 3.8) is 0 Å². The van der Waals surface area contributed by atoms with Gasteiger partial charge in [-0.25, -0.2) is 0 Å². The molecule has 0 N–H and O–H groups in total. The van der Waals surface area contributed by atoms with Crippen LogP contribution in [0, 0.1) is 0 Å². The summed E-state index contributed by atoms with van der Waals surface area (Å²) in [7, 11) is 0. The fourth-order valence-corrected chi connectivity index (χ4v) is 4.11. The highest BCUT2D eigenvalue weighted by Gasteiger charge is 2.34. The summed E-state index contributed by atoms with van der Waals surface area (Å²) in [5, 5.41) is 0. The zero-order valence-corrected chi connectivity index (χ0v) is 16.4. The van der Waals surface area contributed by atoms with Gasteiger partial charge in [0.25, 0.3) is 5.91 Å². The van der Waals surface area contributed by atoms with E-state index in [0.29, 0.717) is 26.4 Å². The van der Waals surface area contributed by atoms with E-state index in [9.17, 15) is 4.79 Å². The Morgan fingerprint density at radius 1 is 1.19 bits per heavy atom. The van der Waals surface area contributed by atoms with Gasteiger partial charge in [0.2, 0.25) is 6.79 Å². The van der Waals surface area contributed by atoms with Gasteiger partial charge in [0.15, 0.2) is 15.8 Å². The van der Waals surface area contributed by atoms with Crippen molar-refractivity contribution in [1.82, 2.24) is 0 Å². The van der Waals surface area contributed by atoms with Gasteiger partial charge in [-0.15, -0.1) is 0 Å². The Balaban J connectivity index is 1.65. The summed E-state index contributed by atoms with van der Waals surface area (Å²) in [4.78, 5) is 15.1. The molecule has 1 amide bonds. The number of ether oxygens (including phenoxy) is 3. The van der Waals surface area contributed by atoms with Crippen LogP contribution < -0.4 is 19.1 Å². The molecule has 2 heterocycles. The number of benzene rings is 2.